The minimum atomic E-state index is -0.0314. The molecule has 0 radical (unpaired) electrons. The van der Waals surface area contributed by atoms with Crippen LogP contribution in [0.5, 0.6) is 5.75 Å². The molecular formula is C16H22N2O3. The van der Waals surface area contributed by atoms with Crippen molar-refractivity contribution in [3.63, 3.8) is 0 Å². The van der Waals surface area contributed by atoms with E-state index in [9.17, 15) is 9.59 Å². The largest absolute Gasteiger partial charge is 0.491 e. The Morgan fingerprint density at radius 3 is 3.00 bits per heavy atom. The fourth-order valence-electron chi connectivity index (χ4n) is 2.21. The first kappa shape index (κ1) is 15.4. The Hall–Kier alpha value is -2.04. The second kappa shape index (κ2) is 7.11. The van der Waals surface area contributed by atoms with E-state index < -0.39 is 0 Å². The van der Waals surface area contributed by atoms with E-state index in [1.54, 1.807) is 0 Å². The standard InChI is InChI=1S/C16H22N2O3/c1-11(2)9-16(20)17-7-5-12-3-4-14-13(10-12)18-15(19)6-8-21-14/h3-4,10-11H,5-9H2,1-2H3,(H,17,20)(H,18,19). The first-order chi connectivity index (χ1) is 10.0. The summed E-state index contributed by atoms with van der Waals surface area (Å²) in [5, 5.41) is 5.74. The number of hydrogen-bond donors (Lipinski definition) is 2. The van der Waals surface area contributed by atoms with Crippen LogP contribution in [0.1, 0.15) is 32.3 Å². The molecule has 1 aliphatic heterocycles. The third kappa shape index (κ3) is 4.77. The number of fused-ring (bicyclic) bond motifs is 1. The molecule has 0 saturated heterocycles. The second-order valence-electron chi connectivity index (χ2n) is 5.68. The molecule has 2 N–H and O–H groups in total. The highest BCUT2D eigenvalue weighted by molar-refractivity contribution is 5.93. The number of anilines is 1. The molecule has 5 nitrogen and oxygen atoms in total. The van der Waals surface area contributed by atoms with Crippen LogP contribution in [-0.2, 0) is 16.0 Å². The molecule has 5 heteroatoms. The van der Waals surface area contributed by atoms with Crippen molar-refractivity contribution in [3.05, 3.63) is 23.8 Å². The molecule has 21 heavy (non-hydrogen) atoms. The molecule has 0 spiro atoms. The summed E-state index contributed by atoms with van der Waals surface area (Å²) < 4.78 is 5.51. The van der Waals surface area contributed by atoms with Crippen LogP contribution >= 0.6 is 0 Å². The average Bonchev–Trinajstić information content (AvgIpc) is 2.58. The number of nitrogens with one attached hydrogen (secondary N) is 2. The Kier molecular flexibility index (Phi) is 5.20. The molecule has 0 aromatic heterocycles. The van der Waals surface area contributed by atoms with E-state index in [-0.39, 0.29) is 11.8 Å². The van der Waals surface area contributed by atoms with Crippen LogP contribution in [-0.4, -0.2) is 25.0 Å². The molecule has 1 heterocycles. The average molecular weight is 290 g/mol. The molecule has 2 amide bonds. The number of carbonyl (C=O) groups excluding carboxylic acids is 2. The molecule has 1 aromatic rings. The lowest BCUT2D eigenvalue weighted by atomic mass is 10.1. The number of carbonyl (C=O) groups is 2. The van der Waals surface area contributed by atoms with Crippen molar-refractivity contribution in [1.82, 2.24) is 5.32 Å². The Morgan fingerprint density at radius 2 is 2.24 bits per heavy atom. The van der Waals surface area contributed by atoms with Crippen LogP contribution in [0, 0.1) is 5.92 Å². The molecular weight excluding hydrogens is 268 g/mol. The maximum atomic E-state index is 11.6. The molecule has 0 unspecified atom stereocenters. The lowest BCUT2D eigenvalue weighted by Gasteiger charge is -2.10. The van der Waals surface area contributed by atoms with Gasteiger partial charge in [-0.05, 0) is 30.0 Å². The van der Waals surface area contributed by atoms with Crippen LogP contribution in [0.3, 0.4) is 0 Å². The summed E-state index contributed by atoms with van der Waals surface area (Å²) >= 11 is 0. The quantitative estimate of drug-likeness (QED) is 0.872. The van der Waals surface area contributed by atoms with Crippen LogP contribution < -0.4 is 15.4 Å². The highest BCUT2D eigenvalue weighted by atomic mass is 16.5. The molecule has 1 aliphatic rings. The smallest absolute Gasteiger partial charge is 0.227 e. The minimum absolute atomic E-state index is 0.0314. The molecule has 0 saturated carbocycles. The van der Waals surface area contributed by atoms with E-state index in [1.165, 1.54) is 0 Å². The van der Waals surface area contributed by atoms with Gasteiger partial charge in [0.05, 0.1) is 18.7 Å². The summed E-state index contributed by atoms with van der Waals surface area (Å²) in [5.74, 6) is 1.12. The van der Waals surface area contributed by atoms with Crippen molar-refractivity contribution in [1.29, 1.82) is 0 Å². The SMILES string of the molecule is CC(C)CC(=O)NCCc1ccc2c(c1)NC(=O)CCO2. The van der Waals surface area contributed by atoms with Gasteiger partial charge in [-0.1, -0.05) is 19.9 Å². The summed E-state index contributed by atoms with van der Waals surface area (Å²) in [6.07, 6.45) is 1.65. The van der Waals surface area contributed by atoms with Crippen molar-refractivity contribution >= 4 is 17.5 Å². The van der Waals surface area contributed by atoms with Gasteiger partial charge in [0.25, 0.3) is 0 Å². The molecule has 114 valence electrons. The summed E-state index contributed by atoms with van der Waals surface area (Å²) in [6.45, 7) is 5.05. The number of rotatable bonds is 5. The Bertz CT molecular complexity index is 526. The molecule has 0 bridgehead atoms. The Morgan fingerprint density at radius 1 is 1.43 bits per heavy atom. The predicted octanol–water partition coefficient (Wildman–Crippen LogP) is 2.11. The first-order valence-electron chi connectivity index (χ1n) is 7.37. The van der Waals surface area contributed by atoms with Gasteiger partial charge in [0.15, 0.2) is 0 Å². The summed E-state index contributed by atoms with van der Waals surface area (Å²) in [5.41, 5.74) is 1.77. The highest BCUT2D eigenvalue weighted by Crippen LogP contribution is 2.28. The van der Waals surface area contributed by atoms with Crippen LogP contribution in [0.2, 0.25) is 0 Å². The summed E-state index contributed by atoms with van der Waals surface area (Å²) in [7, 11) is 0. The van der Waals surface area contributed by atoms with Crippen LogP contribution in [0.4, 0.5) is 5.69 Å². The Balaban J connectivity index is 1.90. The topological polar surface area (TPSA) is 67.4 Å². The third-order valence-electron chi connectivity index (χ3n) is 3.23. The zero-order valence-corrected chi connectivity index (χ0v) is 12.6. The fraction of sp³-hybridized carbons (Fsp3) is 0.500. The lowest BCUT2D eigenvalue weighted by molar-refractivity contribution is -0.121. The maximum Gasteiger partial charge on any atom is 0.227 e. The normalized spacial score (nSPS) is 14.0. The van der Waals surface area contributed by atoms with E-state index in [4.69, 9.17) is 4.74 Å². The van der Waals surface area contributed by atoms with Crippen molar-refractivity contribution < 1.29 is 14.3 Å². The molecule has 0 fully saturated rings. The molecule has 0 atom stereocenters. The molecule has 0 aliphatic carbocycles. The second-order valence-corrected chi connectivity index (χ2v) is 5.68. The zero-order chi connectivity index (χ0) is 15.2. The zero-order valence-electron chi connectivity index (χ0n) is 12.6. The van der Waals surface area contributed by atoms with Crippen LogP contribution in [0.15, 0.2) is 18.2 Å². The number of benzene rings is 1. The van der Waals surface area contributed by atoms with Gasteiger partial charge in [0, 0.05) is 13.0 Å². The number of hydrogen-bond acceptors (Lipinski definition) is 3. The molecule has 1 aromatic carbocycles. The van der Waals surface area contributed by atoms with Crippen molar-refractivity contribution in [2.24, 2.45) is 5.92 Å². The summed E-state index contributed by atoms with van der Waals surface area (Å²) in [4.78, 5) is 23.1. The van der Waals surface area contributed by atoms with E-state index in [2.05, 4.69) is 10.6 Å². The predicted molar refractivity (Wildman–Crippen MR) is 81.4 cm³/mol. The maximum absolute atomic E-state index is 11.6. The van der Waals surface area contributed by atoms with Gasteiger partial charge in [0.1, 0.15) is 5.75 Å². The van der Waals surface area contributed by atoms with Gasteiger partial charge in [-0.25, -0.2) is 0 Å². The van der Waals surface area contributed by atoms with Crippen LogP contribution in [0.25, 0.3) is 0 Å². The van der Waals surface area contributed by atoms with E-state index >= 15 is 0 Å². The van der Waals surface area contributed by atoms with E-state index in [1.807, 2.05) is 32.0 Å². The van der Waals surface area contributed by atoms with E-state index in [0.717, 1.165) is 12.0 Å². The van der Waals surface area contributed by atoms with Gasteiger partial charge in [-0.15, -0.1) is 0 Å². The number of ether oxygens (including phenoxy) is 1. The fourth-order valence-corrected chi connectivity index (χ4v) is 2.21. The summed E-state index contributed by atoms with van der Waals surface area (Å²) in [6, 6.07) is 5.74. The number of amides is 2. The Labute approximate surface area is 125 Å². The minimum Gasteiger partial charge on any atom is -0.491 e. The highest BCUT2D eigenvalue weighted by Gasteiger charge is 2.14. The van der Waals surface area contributed by atoms with Crippen molar-refractivity contribution in [2.75, 3.05) is 18.5 Å². The van der Waals surface area contributed by atoms with Crippen molar-refractivity contribution in [2.45, 2.75) is 33.1 Å². The first-order valence-corrected chi connectivity index (χ1v) is 7.37. The van der Waals surface area contributed by atoms with E-state index in [0.29, 0.717) is 43.3 Å². The van der Waals surface area contributed by atoms with Gasteiger partial charge in [-0.3, -0.25) is 9.59 Å². The van der Waals surface area contributed by atoms with Gasteiger partial charge < -0.3 is 15.4 Å². The van der Waals surface area contributed by atoms with Crippen molar-refractivity contribution in [3.8, 4) is 5.75 Å². The third-order valence-corrected chi connectivity index (χ3v) is 3.23. The van der Waals surface area contributed by atoms with Gasteiger partial charge in [-0.2, -0.15) is 0 Å². The van der Waals surface area contributed by atoms with Gasteiger partial charge in [0.2, 0.25) is 11.8 Å². The lowest BCUT2D eigenvalue weighted by Crippen LogP contribution is -2.26. The van der Waals surface area contributed by atoms with Gasteiger partial charge >= 0.3 is 0 Å². The monoisotopic (exact) mass is 290 g/mol. The molecule has 2 rings (SSSR count).